The number of nitrogens with one attached hydrogen (secondary N) is 1. The van der Waals surface area contributed by atoms with E-state index in [1.807, 2.05) is 24.3 Å². The summed E-state index contributed by atoms with van der Waals surface area (Å²) < 4.78 is 46.1. The standard InChI is InChI=1S/C23H23F3N4O2/c1-32-17-8-6-15(7-9-17)14-27-22(31)16-10-12-30(13-11-16)21-20(23(24,25)26)28-18-4-2-3-5-19(18)29-21/h2-9,16H,10-14H2,1H3,(H,27,31). The van der Waals surface area contributed by atoms with Crippen LogP contribution in [0.4, 0.5) is 19.0 Å². The first-order valence-electron chi connectivity index (χ1n) is 10.3. The number of anilines is 1. The Labute approximate surface area is 183 Å². The summed E-state index contributed by atoms with van der Waals surface area (Å²) in [5.74, 6) is 0.212. The number of aromatic nitrogens is 2. The van der Waals surface area contributed by atoms with Crippen molar-refractivity contribution in [3.63, 3.8) is 0 Å². The molecule has 2 heterocycles. The number of methoxy groups -OCH3 is 1. The van der Waals surface area contributed by atoms with Crippen molar-refractivity contribution >= 4 is 22.8 Å². The van der Waals surface area contributed by atoms with Crippen LogP contribution in [0.3, 0.4) is 0 Å². The highest BCUT2D eigenvalue weighted by molar-refractivity contribution is 5.79. The maximum absolute atomic E-state index is 13.6. The third-order valence-corrected chi connectivity index (χ3v) is 5.61. The molecule has 1 aromatic heterocycles. The van der Waals surface area contributed by atoms with Gasteiger partial charge in [-0.25, -0.2) is 9.97 Å². The number of fused-ring (bicyclic) bond motifs is 1. The van der Waals surface area contributed by atoms with E-state index in [9.17, 15) is 18.0 Å². The van der Waals surface area contributed by atoms with E-state index >= 15 is 0 Å². The predicted octanol–water partition coefficient (Wildman–Crippen LogP) is 4.19. The summed E-state index contributed by atoms with van der Waals surface area (Å²) in [6.07, 6.45) is -3.72. The Kier molecular flexibility index (Phi) is 6.16. The van der Waals surface area contributed by atoms with Gasteiger partial charge < -0.3 is 15.0 Å². The molecule has 0 spiro atoms. The lowest BCUT2D eigenvalue weighted by atomic mass is 9.95. The molecule has 0 unspecified atom stereocenters. The largest absolute Gasteiger partial charge is 0.497 e. The molecule has 1 N–H and O–H groups in total. The zero-order valence-corrected chi connectivity index (χ0v) is 17.5. The van der Waals surface area contributed by atoms with Gasteiger partial charge in [0.25, 0.3) is 0 Å². The maximum Gasteiger partial charge on any atom is 0.437 e. The zero-order chi connectivity index (χ0) is 22.7. The van der Waals surface area contributed by atoms with Crippen molar-refractivity contribution in [2.45, 2.75) is 25.6 Å². The maximum atomic E-state index is 13.6. The van der Waals surface area contributed by atoms with Crippen molar-refractivity contribution in [3.05, 3.63) is 59.8 Å². The number of hydrogen-bond donors (Lipinski definition) is 1. The molecule has 2 aromatic carbocycles. The van der Waals surface area contributed by atoms with Crippen molar-refractivity contribution in [2.24, 2.45) is 5.92 Å². The SMILES string of the molecule is COc1ccc(CNC(=O)C2CCN(c3nc4ccccc4nc3C(F)(F)F)CC2)cc1. The molecule has 1 amide bonds. The van der Waals surface area contributed by atoms with E-state index in [1.54, 1.807) is 30.2 Å². The summed E-state index contributed by atoms with van der Waals surface area (Å²) >= 11 is 0. The summed E-state index contributed by atoms with van der Waals surface area (Å²) in [7, 11) is 1.59. The van der Waals surface area contributed by atoms with Gasteiger partial charge in [0.2, 0.25) is 5.91 Å². The molecule has 0 atom stereocenters. The second-order valence-corrected chi connectivity index (χ2v) is 7.71. The number of halogens is 3. The molecule has 0 bridgehead atoms. The van der Waals surface area contributed by atoms with Crippen molar-refractivity contribution in [2.75, 3.05) is 25.1 Å². The number of ether oxygens (including phenoxy) is 1. The lowest BCUT2D eigenvalue weighted by molar-refractivity contribution is -0.140. The number of hydrogen-bond acceptors (Lipinski definition) is 5. The van der Waals surface area contributed by atoms with E-state index < -0.39 is 11.9 Å². The van der Waals surface area contributed by atoms with E-state index in [0.29, 0.717) is 38.0 Å². The quantitative estimate of drug-likeness (QED) is 0.639. The van der Waals surface area contributed by atoms with Crippen molar-refractivity contribution in [1.82, 2.24) is 15.3 Å². The van der Waals surface area contributed by atoms with Crippen LogP contribution in [0, 0.1) is 5.92 Å². The van der Waals surface area contributed by atoms with Gasteiger partial charge in [-0.2, -0.15) is 13.2 Å². The fourth-order valence-corrected chi connectivity index (χ4v) is 3.83. The molecule has 1 saturated heterocycles. The number of para-hydroxylation sites is 2. The number of nitrogens with zero attached hydrogens (tertiary/aromatic N) is 3. The Balaban J connectivity index is 1.41. The minimum Gasteiger partial charge on any atom is -0.497 e. The predicted molar refractivity (Wildman–Crippen MR) is 114 cm³/mol. The number of carbonyl (C=O) groups excluding carboxylic acids is 1. The lowest BCUT2D eigenvalue weighted by Crippen LogP contribution is -2.41. The minimum atomic E-state index is -4.61. The Morgan fingerprint density at radius 3 is 2.28 bits per heavy atom. The number of rotatable bonds is 5. The Morgan fingerprint density at radius 1 is 1.06 bits per heavy atom. The van der Waals surface area contributed by atoms with Crippen LogP contribution < -0.4 is 15.0 Å². The first kappa shape index (κ1) is 21.9. The van der Waals surface area contributed by atoms with Gasteiger partial charge in [-0.05, 0) is 42.7 Å². The van der Waals surface area contributed by atoms with Crippen LogP contribution in [0.1, 0.15) is 24.1 Å². The number of carbonyl (C=O) groups is 1. The molecule has 4 rings (SSSR count). The third-order valence-electron chi connectivity index (χ3n) is 5.61. The number of alkyl halides is 3. The average molecular weight is 444 g/mol. The summed E-state index contributed by atoms with van der Waals surface area (Å²) in [6, 6.07) is 13.9. The van der Waals surface area contributed by atoms with E-state index in [4.69, 9.17) is 4.74 Å². The van der Waals surface area contributed by atoms with Gasteiger partial charge in [-0.1, -0.05) is 24.3 Å². The van der Waals surface area contributed by atoms with E-state index in [2.05, 4.69) is 15.3 Å². The first-order chi connectivity index (χ1) is 15.3. The molecular weight excluding hydrogens is 421 g/mol. The van der Waals surface area contributed by atoms with E-state index in [0.717, 1.165) is 11.3 Å². The summed E-state index contributed by atoms with van der Waals surface area (Å²) in [5.41, 5.74) is 0.572. The molecule has 0 aliphatic carbocycles. The number of piperidine rings is 1. The molecule has 32 heavy (non-hydrogen) atoms. The summed E-state index contributed by atoms with van der Waals surface area (Å²) in [4.78, 5) is 22.2. The van der Waals surface area contributed by atoms with E-state index in [1.165, 1.54) is 6.07 Å². The minimum absolute atomic E-state index is 0.0962. The van der Waals surface area contributed by atoms with Gasteiger partial charge in [0.15, 0.2) is 11.5 Å². The molecule has 6 nitrogen and oxygen atoms in total. The molecule has 9 heteroatoms. The van der Waals surface area contributed by atoms with Gasteiger partial charge >= 0.3 is 6.18 Å². The molecular formula is C23H23F3N4O2. The molecule has 0 radical (unpaired) electrons. The highest BCUT2D eigenvalue weighted by Gasteiger charge is 2.39. The van der Waals surface area contributed by atoms with Crippen LogP contribution >= 0.6 is 0 Å². The molecule has 3 aromatic rings. The van der Waals surface area contributed by atoms with Crippen molar-refractivity contribution in [3.8, 4) is 5.75 Å². The lowest BCUT2D eigenvalue weighted by Gasteiger charge is -2.33. The monoisotopic (exact) mass is 444 g/mol. The third kappa shape index (κ3) is 4.76. The second-order valence-electron chi connectivity index (χ2n) is 7.71. The highest BCUT2D eigenvalue weighted by atomic mass is 19.4. The zero-order valence-electron chi connectivity index (χ0n) is 17.5. The van der Waals surface area contributed by atoms with Crippen LogP contribution in [0.25, 0.3) is 11.0 Å². The molecule has 1 aliphatic rings. The van der Waals surface area contributed by atoms with Crippen LogP contribution in [0.15, 0.2) is 48.5 Å². The fourth-order valence-electron chi connectivity index (χ4n) is 3.83. The Hall–Kier alpha value is -3.36. The van der Waals surface area contributed by atoms with Gasteiger partial charge in [0.1, 0.15) is 5.75 Å². The highest BCUT2D eigenvalue weighted by Crippen LogP contribution is 2.36. The Morgan fingerprint density at radius 2 is 1.69 bits per heavy atom. The van der Waals surface area contributed by atoms with Crippen molar-refractivity contribution < 1.29 is 22.7 Å². The summed E-state index contributed by atoms with van der Waals surface area (Å²) in [5, 5.41) is 2.91. The number of benzene rings is 2. The molecule has 1 aliphatic heterocycles. The fraction of sp³-hybridized carbons (Fsp3) is 0.348. The van der Waals surface area contributed by atoms with Gasteiger partial charge in [0, 0.05) is 25.6 Å². The van der Waals surface area contributed by atoms with Crippen LogP contribution in [-0.4, -0.2) is 36.1 Å². The van der Waals surface area contributed by atoms with Crippen LogP contribution in [0.5, 0.6) is 5.75 Å². The Bertz CT molecular complexity index is 1090. The van der Waals surface area contributed by atoms with Gasteiger partial charge in [-0.15, -0.1) is 0 Å². The smallest absolute Gasteiger partial charge is 0.437 e. The van der Waals surface area contributed by atoms with Crippen LogP contribution in [0.2, 0.25) is 0 Å². The number of amides is 1. The second kappa shape index (κ2) is 9.02. The molecule has 0 saturated carbocycles. The normalized spacial score (nSPS) is 15.1. The van der Waals surface area contributed by atoms with Gasteiger partial charge in [-0.3, -0.25) is 4.79 Å². The molecule has 168 valence electrons. The first-order valence-corrected chi connectivity index (χ1v) is 10.3. The average Bonchev–Trinajstić information content (AvgIpc) is 2.81. The van der Waals surface area contributed by atoms with E-state index in [-0.39, 0.29) is 23.2 Å². The van der Waals surface area contributed by atoms with Crippen molar-refractivity contribution in [1.29, 1.82) is 0 Å². The van der Waals surface area contributed by atoms with Gasteiger partial charge in [0.05, 0.1) is 18.1 Å². The van der Waals surface area contributed by atoms with Crippen LogP contribution in [-0.2, 0) is 17.5 Å². The molecule has 1 fully saturated rings. The summed E-state index contributed by atoms with van der Waals surface area (Å²) in [6.45, 7) is 0.991. The topological polar surface area (TPSA) is 67.3 Å².